The van der Waals surface area contributed by atoms with Gasteiger partial charge in [-0.15, -0.1) is 0 Å². The predicted molar refractivity (Wildman–Crippen MR) is 109 cm³/mol. The van der Waals surface area contributed by atoms with Gasteiger partial charge in [-0.05, 0) is 31.0 Å². The number of piperidine rings is 1. The summed E-state index contributed by atoms with van der Waals surface area (Å²) in [6.07, 6.45) is 2.50. The van der Waals surface area contributed by atoms with Gasteiger partial charge in [0.15, 0.2) is 4.80 Å². The van der Waals surface area contributed by atoms with Crippen LogP contribution in [-0.4, -0.2) is 56.3 Å². The predicted octanol–water partition coefficient (Wildman–Crippen LogP) is 2.21. The number of hydrogen-bond acceptors (Lipinski definition) is 5. The van der Waals surface area contributed by atoms with Crippen molar-refractivity contribution in [2.45, 2.75) is 19.4 Å². The van der Waals surface area contributed by atoms with Crippen molar-refractivity contribution < 1.29 is 17.9 Å². The zero-order valence-corrected chi connectivity index (χ0v) is 18.4. The second-order valence-corrected chi connectivity index (χ2v) is 10.5. The van der Waals surface area contributed by atoms with Gasteiger partial charge in [-0.1, -0.05) is 27.3 Å². The van der Waals surface area contributed by atoms with Crippen LogP contribution in [-0.2, 0) is 26.1 Å². The molecule has 1 aromatic carbocycles. The molecule has 27 heavy (non-hydrogen) atoms. The number of aromatic nitrogens is 1. The number of carbonyl (C=O) groups is 1. The highest BCUT2D eigenvalue weighted by Gasteiger charge is 2.30. The molecule has 1 amide bonds. The van der Waals surface area contributed by atoms with Gasteiger partial charge in [0.05, 0.1) is 29.0 Å². The summed E-state index contributed by atoms with van der Waals surface area (Å²) in [5.41, 5.74) is 0.994. The molecule has 1 aliphatic rings. The second kappa shape index (κ2) is 8.52. The molecule has 0 saturated carbocycles. The third kappa shape index (κ3) is 4.86. The topological polar surface area (TPSA) is 81.0 Å². The molecule has 7 nitrogen and oxygen atoms in total. The Balaban J connectivity index is 1.95. The molecule has 0 spiro atoms. The van der Waals surface area contributed by atoms with E-state index in [1.165, 1.54) is 21.9 Å². The molecular formula is C17H22BrN3O4S2. The Bertz CT molecular complexity index is 1010. The molecule has 1 fully saturated rings. The molecule has 0 N–H and O–H groups in total. The maximum Gasteiger partial charge on any atom is 0.252 e. The van der Waals surface area contributed by atoms with E-state index in [2.05, 4.69) is 20.9 Å². The molecule has 0 aliphatic carbocycles. The molecular weight excluding hydrogens is 454 g/mol. The van der Waals surface area contributed by atoms with Gasteiger partial charge in [0.25, 0.3) is 5.91 Å². The quantitative estimate of drug-likeness (QED) is 0.663. The Morgan fingerprint density at radius 1 is 1.44 bits per heavy atom. The van der Waals surface area contributed by atoms with Gasteiger partial charge in [0.2, 0.25) is 10.0 Å². The number of thiazole rings is 1. The molecule has 10 heteroatoms. The minimum Gasteiger partial charge on any atom is -0.383 e. The Morgan fingerprint density at radius 3 is 2.93 bits per heavy atom. The van der Waals surface area contributed by atoms with Crippen molar-refractivity contribution in [1.29, 1.82) is 0 Å². The fraction of sp³-hybridized carbons (Fsp3) is 0.529. The molecule has 1 atom stereocenters. The molecule has 1 aromatic heterocycles. The molecule has 1 unspecified atom stereocenters. The van der Waals surface area contributed by atoms with E-state index >= 15 is 0 Å². The van der Waals surface area contributed by atoms with Crippen molar-refractivity contribution in [3.8, 4) is 0 Å². The summed E-state index contributed by atoms with van der Waals surface area (Å²) in [6.45, 7) is 1.77. The fourth-order valence-corrected chi connectivity index (χ4v) is 5.69. The van der Waals surface area contributed by atoms with E-state index < -0.39 is 15.9 Å². The number of fused-ring (bicyclic) bond motifs is 1. The van der Waals surface area contributed by atoms with Crippen molar-refractivity contribution >= 4 is 53.4 Å². The first kappa shape index (κ1) is 20.7. The van der Waals surface area contributed by atoms with E-state index in [4.69, 9.17) is 4.74 Å². The van der Waals surface area contributed by atoms with Crippen LogP contribution in [0.2, 0.25) is 0 Å². The summed E-state index contributed by atoms with van der Waals surface area (Å²) in [6, 6.07) is 5.94. The summed E-state index contributed by atoms with van der Waals surface area (Å²) < 4.78 is 34.1. The highest BCUT2D eigenvalue weighted by atomic mass is 79.9. The van der Waals surface area contributed by atoms with Gasteiger partial charge in [0.1, 0.15) is 0 Å². The Morgan fingerprint density at radius 2 is 2.22 bits per heavy atom. The van der Waals surface area contributed by atoms with Crippen LogP contribution in [0, 0.1) is 5.92 Å². The average Bonchev–Trinajstić information content (AvgIpc) is 2.95. The van der Waals surface area contributed by atoms with Crippen LogP contribution >= 0.6 is 27.3 Å². The minimum atomic E-state index is -3.30. The fourth-order valence-electron chi connectivity index (χ4n) is 3.16. The van der Waals surface area contributed by atoms with Gasteiger partial charge >= 0.3 is 0 Å². The molecule has 148 valence electrons. The number of rotatable bonds is 5. The van der Waals surface area contributed by atoms with E-state index in [-0.39, 0.29) is 12.5 Å². The molecule has 2 heterocycles. The van der Waals surface area contributed by atoms with Gasteiger partial charge in [0, 0.05) is 31.2 Å². The van der Waals surface area contributed by atoms with Crippen LogP contribution in [0.5, 0.6) is 0 Å². The highest BCUT2D eigenvalue weighted by Crippen LogP contribution is 2.23. The first-order valence-electron chi connectivity index (χ1n) is 8.61. The van der Waals surface area contributed by atoms with Crippen LogP contribution in [0.4, 0.5) is 0 Å². The SMILES string of the molecule is COCCn1c(=NC(=O)C2CCCN(S(C)(=O)=O)C2)sc2cc(Br)ccc21. The summed E-state index contributed by atoms with van der Waals surface area (Å²) in [5, 5.41) is 0. The van der Waals surface area contributed by atoms with E-state index in [9.17, 15) is 13.2 Å². The smallest absolute Gasteiger partial charge is 0.252 e. The van der Waals surface area contributed by atoms with E-state index in [0.717, 1.165) is 14.7 Å². The number of halogens is 1. The maximum atomic E-state index is 12.8. The molecule has 0 radical (unpaired) electrons. The summed E-state index contributed by atoms with van der Waals surface area (Å²) in [4.78, 5) is 17.8. The maximum absolute atomic E-state index is 12.8. The lowest BCUT2D eigenvalue weighted by Gasteiger charge is -2.28. The van der Waals surface area contributed by atoms with Crippen LogP contribution in [0.1, 0.15) is 12.8 Å². The van der Waals surface area contributed by atoms with Crippen molar-refractivity contribution in [3.63, 3.8) is 0 Å². The van der Waals surface area contributed by atoms with Crippen molar-refractivity contribution in [1.82, 2.24) is 8.87 Å². The number of ether oxygens (including phenoxy) is 1. The normalized spacial score (nSPS) is 19.7. The molecule has 2 aromatic rings. The molecule has 3 rings (SSSR count). The zero-order valence-electron chi connectivity index (χ0n) is 15.2. The summed E-state index contributed by atoms with van der Waals surface area (Å²) >= 11 is 4.92. The highest BCUT2D eigenvalue weighted by molar-refractivity contribution is 9.10. The second-order valence-electron chi connectivity index (χ2n) is 6.55. The molecule has 0 bridgehead atoms. The lowest BCUT2D eigenvalue weighted by molar-refractivity contribution is -0.122. The summed E-state index contributed by atoms with van der Waals surface area (Å²) in [5.74, 6) is -0.665. The van der Waals surface area contributed by atoms with Gasteiger partial charge in [-0.25, -0.2) is 12.7 Å². The van der Waals surface area contributed by atoms with E-state index in [1.54, 1.807) is 7.11 Å². The van der Waals surface area contributed by atoms with Gasteiger partial charge < -0.3 is 9.30 Å². The third-order valence-electron chi connectivity index (χ3n) is 4.57. The van der Waals surface area contributed by atoms with Crippen molar-refractivity contribution in [3.05, 3.63) is 27.5 Å². The Kier molecular flexibility index (Phi) is 6.52. The van der Waals surface area contributed by atoms with Crippen molar-refractivity contribution in [2.75, 3.05) is 33.1 Å². The van der Waals surface area contributed by atoms with Gasteiger partial charge in [-0.3, -0.25) is 4.79 Å². The first-order chi connectivity index (χ1) is 12.8. The van der Waals surface area contributed by atoms with E-state index in [0.29, 0.717) is 37.3 Å². The Labute approximate surface area is 170 Å². The van der Waals surface area contributed by atoms with Crippen LogP contribution in [0.3, 0.4) is 0 Å². The third-order valence-corrected chi connectivity index (χ3v) is 7.38. The number of amides is 1. The number of methoxy groups -OCH3 is 1. The number of nitrogens with zero attached hydrogens (tertiary/aromatic N) is 3. The zero-order chi connectivity index (χ0) is 19.6. The monoisotopic (exact) mass is 475 g/mol. The number of hydrogen-bond donors (Lipinski definition) is 0. The van der Waals surface area contributed by atoms with Crippen LogP contribution in [0.15, 0.2) is 27.7 Å². The number of benzene rings is 1. The molecule has 1 aliphatic heterocycles. The summed E-state index contributed by atoms with van der Waals surface area (Å²) in [7, 11) is -1.66. The van der Waals surface area contributed by atoms with Crippen molar-refractivity contribution in [2.24, 2.45) is 10.9 Å². The van der Waals surface area contributed by atoms with E-state index in [1.807, 2.05) is 22.8 Å². The standard InChI is InChI=1S/C17H22BrN3O4S2/c1-25-9-8-21-14-6-5-13(18)10-15(14)26-17(21)19-16(22)12-4-3-7-20(11-12)27(2,23)24/h5-6,10,12H,3-4,7-9,11H2,1-2H3. The van der Waals surface area contributed by atoms with Crippen LogP contribution in [0.25, 0.3) is 10.2 Å². The average molecular weight is 476 g/mol. The first-order valence-corrected chi connectivity index (χ1v) is 12.1. The lowest BCUT2D eigenvalue weighted by atomic mass is 9.99. The lowest BCUT2D eigenvalue weighted by Crippen LogP contribution is -2.41. The number of carbonyl (C=O) groups excluding carboxylic acids is 1. The molecule has 1 saturated heterocycles. The number of sulfonamides is 1. The Hall–Kier alpha value is -1.07. The minimum absolute atomic E-state index is 0.204. The van der Waals surface area contributed by atoms with Gasteiger partial charge in [-0.2, -0.15) is 4.99 Å². The largest absolute Gasteiger partial charge is 0.383 e. The van der Waals surface area contributed by atoms with Crippen LogP contribution < -0.4 is 4.80 Å².